The molecular formula is C20H18F2N6O2. The number of aromatic nitrogens is 6. The molecule has 30 heavy (non-hydrogen) atoms. The van der Waals surface area contributed by atoms with E-state index in [2.05, 4.69) is 20.1 Å². The maximum atomic E-state index is 15.2. The van der Waals surface area contributed by atoms with Crippen LogP contribution in [0.15, 0.2) is 40.2 Å². The Hall–Kier alpha value is -3.43. The minimum Gasteiger partial charge on any atom is -0.337 e. The lowest BCUT2D eigenvalue weighted by Crippen LogP contribution is -2.37. The highest BCUT2D eigenvalue weighted by atomic mass is 19.1. The molecule has 0 saturated heterocycles. The van der Waals surface area contributed by atoms with E-state index in [1.807, 2.05) is 0 Å². The van der Waals surface area contributed by atoms with Gasteiger partial charge in [-0.1, -0.05) is 16.8 Å². The molecule has 10 heteroatoms. The highest BCUT2D eigenvalue weighted by Gasteiger charge is 2.50. The monoisotopic (exact) mass is 412 g/mol. The van der Waals surface area contributed by atoms with Crippen molar-refractivity contribution in [2.24, 2.45) is 7.05 Å². The largest absolute Gasteiger partial charge is 0.337 e. The smallest absolute Gasteiger partial charge is 0.280 e. The third kappa shape index (κ3) is 2.90. The van der Waals surface area contributed by atoms with Crippen LogP contribution in [0.3, 0.4) is 0 Å². The Kier molecular flexibility index (Phi) is 4.05. The van der Waals surface area contributed by atoms with Crippen LogP contribution < -0.4 is 5.56 Å². The quantitative estimate of drug-likeness (QED) is 0.512. The van der Waals surface area contributed by atoms with Gasteiger partial charge in [-0.15, -0.1) is 0 Å². The predicted molar refractivity (Wildman–Crippen MR) is 102 cm³/mol. The van der Waals surface area contributed by atoms with Crippen LogP contribution >= 0.6 is 0 Å². The molecule has 4 aromatic rings. The number of halogens is 2. The number of benzene rings is 1. The molecule has 154 valence electrons. The number of nitrogens with zero attached hydrogens (tertiary/aromatic N) is 6. The van der Waals surface area contributed by atoms with Crippen LogP contribution in [0.5, 0.6) is 0 Å². The lowest BCUT2D eigenvalue weighted by atomic mass is 9.68. The van der Waals surface area contributed by atoms with Gasteiger partial charge < -0.3 is 9.09 Å². The second-order valence-corrected chi connectivity index (χ2v) is 7.81. The molecule has 0 spiro atoms. The highest BCUT2D eigenvalue weighted by molar-refractivity contribution is 5.68. The molecule has 0 radical (unpaired) electrons. The van der Waals surface area contributed by atoms with E-state index in [-0.39, 0.29) is 42.3 Å². The summed E-state index contributed by atoms with van der Waals surface area (Å²) >= 11 is 0. The summed E-state index contributed by atoms with van der Waals surface area (Å²) in [6.45, 7) is 1.84. The molecular weight excluding hydrogens is 394 g/mol. The summed E-state index contributed by atoms with van der Waals surface area (Å²) in [7, 11) is 1.71. The number of hydrogen-bond acceptors (Lipinski definition) is 6. The van der Waals surface area contributed by atoms with Gasteiger partial charge in [0.15, 0.2) is 17.0 Å². The van der Waals surface area contributed by atoms with E-state index in [9.17, 15) is 9.18 Å². The zero-order valence-electron chi connectivity index (χ0n) is 16.3. The van der Waals surface area contributed by atoms with Gasteiger partial charge >= 0.3 is 0 Å². The van der Waals surface area contributed by atoms with Crippen molar-refractivity contribution in [2.75, 3.05) is 0 Å². The van der Waals surface area contributed by atoms with Gasteiger partial charge in [0.05, 0.1) is 6.33 Å². The molecule has 0 bridgehead atoms. The SMILES string of the molecule is Cc1ccc(F)c(C2(F)CC(c3noc(Cn4cnc5ncn(C)c5c4=O)n3)C2)c1. The van der Waals surface area contributed by atoms with E-state index in [1.54, 1.807) is 30.7 Å². The van der Waals surface area contributed by atoms with Gasteiger partial charge in [-0.05, 0) is 31.9 Å². The van der Waals surface area contributed by atoms with Crippen molar-refractivity contribution in [1.29, 1.82) is 0 Å². The molecule has 1 aliphatic rings. The van der Waals surface area contributed by atoms with Crippen LogP contribution in [-0.4, -0.2) is 29.2 Å². The average molecular weight is 412 g/mol. The van der Waals surface area contributed by atoms with Crippen LogP contribution in [0, 0.1) is 12.7 Å². The Morgan fingerprint density at radius 3 is 2.83 bits per heavy atom. The first kappa shape index (κ1) is 18.6. The summed E-state index contributed by atoms with van der Waals surface area (Å²) < 4.78 is 37.5. The van der Waals surface area contributed by atoms with E-state index >= 15 is 4.39 Å². The standard InChI is InChI=1S/C20H18F2N6O2/c1-11-3-4-14(21)13(5-11)20(22)6-12(7-20)17-25-15(30-26-17)8-28-10-24-18-16(19(28)29)27(2)9-23-18/h3-5,9-10,12H,6-8H2,1-2H3. The van der Waals surface area contributed by atoms with Gasteiger partial charge in [-0.25, -0.2) is 18.7 Å². The van der Waals surface area contributed by atoms with Crippen molar-refractivity contribution in [3.63, 3.8) is 0 Å². The Bertz CT molecular complexity index is 1320. The first-order valence-electron chi connectivity index (χ1n) is 9.48. The van der Waals surface area contributed by atoms with E-state index < -0.39 is 11.5 Å². The fraction of sp³-hybridized carbons (Fsp3) is 0.350. The molecule has 1 aliphatic carbocycles. The fourth-order valence-electron chi connectivity index (χ4n) is 3.93. The molecule has 3 heterocycles. The summed E-state index contributed by atoms with van der Waals surface area (Å²) in [5.41, 5.74) is -0.406. The molecule has 5 rings (SSSR count). The number of alkyl halides is 1. The molecule has 0 atom stereocenters. The van der Waals surface area contributed by atoms with Crippen LogP contribution in [0.25, 0.3) is 11.2 Å². The fourth-order valence-corrected chi connectivity index (χ4v) is 3.93. The van der Waals surface area contributed by atoms with Gasteiger partial charge in [-0.3, -0.25) is 9.36 Å². The first-order valence-corrected chi connectivity index (χ1v) is 9.48. The second kappa shape index (κ2) is 6.54. The number of aryl methyl sites for hydroxylation is 2. The summed E-state index contributed by atoms with van der Waals surface area (Å²) in [6, 6.07) is 4.45. The number of imidazole rings is 1. The maximum absolute atomic E-state index is 15.2. The molecule has 3 aromatic heterocycles. The summed E-state index contributed by atoms with van der Waals surface area (Å²) in [6.07, 6.45) is 3.05. The lowest BCUT2D eigenvalue weighted by Gasteiger charge is -2.40. The topological polar surface area (TPSA) is 91.6 Å². The van der Waals surface area contributed by atoms with Gasteiger partial charge in [-0.2, -0.15) is 4.98 Å². The van der Waals surface area contributed by atoms with Crippen LogP contribution in [0.1, 0.15) is 41.6 Å². The average Bonchev–Trinajstić information content (AvgIpc) is 3.30. The molecule has 1 saturated carbocycles. The van der Waals surface area contributed by atoms with Crippen molar-refractivity contribution >= 4 is 11.2 Å². The van der Waals surface area contributed by atoms with Crippen molar-refractivity contribution in [3.05, 3.63) is 69.9 Å². The predicted octanol–water partition coefficient (Wildman–Crippen LogP) is 2.75. The van der Waals surface area contributed by atoms with Gasteiger partial charge in [0, 0.05) is 18.5 Å². The van der Waals surface area contributed by atoms with E-state index in [0.29, 0.717) is 17.0 Å². The van der Waals surface area contributed by atoms with Crippen molar-refractivity contribution in [3.8, 4) is 0 Å². The second-order valence-electron chi connectivity index (χ2n) is 7.81. The Balaban J connectivity index is 1.34. The van der Waals surface area contributed by atoms with E-state index in [1.165, 1.54) is 23.3 Å². The van der Waals surface area contributed by atoms with E-state index in [0.717, 1.165) is 5.56 Å². The van der Waals surface area contributed by atoms with Gasteiger partial charge in [0.2, 0.25) is 5.89 Å². The zero-order valence-corrected chi connectivity index (χ0v) is 16.3. The van der Waals surface area contributed by atoms with Crippen molar-refractivity contribution in [1.82, 2.24) is 29.2 Å². The van der Waals surface area contributed by atoms with Crippen molar-refractivity contribution < 1.29 is 13.3 Å². The molecule has 0 N–H and O–H groups in total. The number of hydrogen-bond donors (Lipinski definition) is 0. The molecule has 8 nitrogen and oxygen atoms in total. The molecule has 1 fully saturated rings. The third-order valence-corrected chi connectivity index (χ3v) is 5.60. The van der Waals surface area contributed by atoms with Crippen molar-refractivity contribution in [2.45, 2.75) is 37.9 Å². The van der Waals surface area contributed by atoms with Gasteiger partial charge in [0.25, 0.3) is 5.56 Å². The third-order valence-electron chi connectivity index (χ3n) is 5.60. The zero-order chi connectivity index (χ0) is 21.0. The van der Waals surface area contributed by atoms with Crippen LogP contribution in [-0.2, 0) is 19.3 Å². The Morgan fingerprint density at radius 1 is 1.27 bits per heavy atom. The highest BCUT2D eigenvalue weighted by Crippen LogP contribution is 2.53. The first-order chi connectivity index (χ1) is 14.3. The molecule has 0 amide bonds. The van der Waals surface area contributed by atoms with Crippen LogP contribution in [0.2, 0.25) is 0 Å². The summed E-state index contributed by atoms with van der Waals surface area (Å²) in [5.74, 6) is -0.253. The lowest BCUT2D eigenvalue weighted by molar-refractivity contribution is 0.0299. The summed E-state index contributed by atoms with van der Waals surface area (Å²) in [4.78, 5) is 25.1. The van der Waals surface area contributed by atoms with Crippen LogP contribution in [0.4, 0.5) is 8.78 Å². The van der Waals surface area contributed by atoms with Gasteiger partial charge in [0.1, 0.15) is 24.4 Å². The Labute approximate surface area is 169 Å². The normalized spacial score (nSPS) is 21.1. The number of rotatable bonds is 4. The Morgan fingerprint density at radius 2 is 2.03 bits per heavy atom. The minimum atomic E-state index is -1.74. The molecule has 1 aromatic carbocycles. The number of fused-ring (bicyclic) bond motifs is 1. The maximum Gasteiger partial charge on any atom is 0.280 e. The molecule has 0 unspecified atom stereocenters. The molecule has 0 aliphatic heterocycles. The van der Waals surface area contributed by atoms with E-state index in [4.69, 9.17) is 4.52 Å². The minimum absolute atomic E-state index is 0.0416. The summed E-state index contributed by atoms with van der Waals surface area (Å²) in [5, 5.41) is 3.93.